The molecular formula is C17H25F2N. The monoisotopic (exact) mass is 281 g/mol. The fourth-order valence-corrected chi connectivity index (χ4v) is 3.12. The SMILES string of the molecule is CC(C)(C)C1CCC(CNc2cc(F)ccc2F)CC1. The third-order valence-electron chi connectivity index (χ3n) is 4.58. The lowest BCUT2D eigenvalue weighted by Gasteiger charge is -2.37. The van der Waals surface area contributed by atoms with Gasteiger partial charge in [0.05, 0.1) is 5.69 Å². The van der Waals surface area contributed by atoms with Gasteiger partial charge in [-0.25, -0.2) is 8.78 Å². The van der Waals surface area contributed by atoms with Crippen LogP contribution in [0.5, 0.6) is 0 Å². The lowest BCUT2D eigenvalue weighted by atomic mass is 9.70. The van der Waals surface area contributed by atoms with Crippen LogP contribution >= 0.6 is 0 Å². The zero-order valence-corrected chi connectivity index (χ0v) is 12.7. The van der Waals surface area contributed by atoms with Gasteiger partial charge in [-0.15, -0.1) is 0 Å². The maximum Gasteiger partial charge on any atom is 0.146 e. The van der Waals surface area contributed by atoms with Crippen LogP contribution in [0.2, 0.25) is 0 Å². The summed E-state index contributed by atoms with van der Waals surface area (Å²) in [6, 6.07) is 3.55. The summed E-state index contributed by atoms with van der Waals surface area (Å²) in [5, 5.41) is 3.06. The van der Waals surface area contributed by atoms with Crippen LogP contribution in [0.4, 0.5) is 14.5 Å². The molecule has 1 N–H and O–H groups in total. The molecular weight excluding hydrogens is 256 g/mol. The van der Waals surface area contributed by atoms with Gasteiger partial charge in [-0.2, -0.15) is 0 Å². The number of halogens is 2. The van der Waals surface area contributed by atoms with Gasteiger partial charge in [0.1, 0.15) is 11.6 Å². The largest absolute Gasteiger partial charge is 0.382 e. The molecule has 20 heavy (non-hydrogen) atoms. The maximum absolute atomic E-state index is 13.5. The van der Waals surface area contributed by atoms with E-state index in [0.717, 1.165) is 18.5 Å². The van der Waals surface area contributed by atoms with Crippen molar-refractivity contribution >= 4 is 5.69 Å². The zero-order valence-electron chi connectivity index (χ0n) is 12.7. The third kappa shape index (κ3) is 3.94. The topological polar surface area (TPSA) is 12.0 Å². The lowest BCUT2D eigenvalue weighted by Crippen LogP contribution is -2.28. The summed E-state index contributed by atoms with van der Waals surface area (Å²) in [5.74, 6) is 0.570. The minimum absolute atomic E-state index is 0.281. The van der Waals surface area contributed by atoms with Crippen molar-refractivity contribution in [2.24, 2.45) is 17.3 Å². The number of hydrogen-bond acceptors (Lipinski definition) is 1. The normalized spacial score (nSPS) is 23.6. The number of anilines is 1. The van der Waals surface area contributed by atoms with Gasteiger partial charge in [-0.1, -0.05) is 20.8 Å². The van der Waals surface area contributed by atoms with Crippen molar-refractivity contribution in [3.05, 3.63) is 29.8 Å². The molecule has 0 aliphatic heterocycles. The second kappa shape index (κ2) is 6.11. The van der Waals surface area contributed by atoms with Crippen molar-refractivity contribution in [3.8, 4) is 0 Å². The van der Waals surface area contributed by atoms with Gasteiger partial charge in [0, 0.05) is 6.54 Å². The Morgan fingerprint density at radius 1 is 1.10 bits per heavy atom. The molecule has 0 atom stereocenters. The molecule has 1 aliphatic carbocycles. The molecule has 0 saturated heterocycles. The Morgan fingerprint density at radius 2 is 1.75 bits per heavy atom. The van der Waals surface area contributed by atoms with E-state index >= 15 is 0 Å². The molecule has 0 amide bonds. The number of hydrogen-bond donors (Lipinski definition) is 1. The van der Waals surface area contributed by atoms with Crippen molar-refractivity contribution in [2.45, 2.75) is 46.5 Å². The molecule has 0 spiro atoms. The van der Waals surface area contributed by atoms with Gasteiger partial charge in [0.25, 0.3) is 0 Å². The Kier molecular flexibility index (Phi) is 4.66. The van der Waals surface area contributed by atoms with Gasteiger partial charge in [-0.05, 0) is 61.1 Å². The Morgan fingerprint density at radius 3 is 2.35 bits per heavy atom. The van der Waals surface area contributed by atoms with E-state index in [-0.39, 0.29) is 11.5 Å². The van der Waals surface area contributed by atoms with Crippen LogP contribution in [0.3, 0.4) is 0 Å². The Bertz CT molecular complexity index is 443. The first-order valence-corrected chi connectivity index (χ1v) is 7.55. The number of benzene rings is 1. The molecule has 0 unspecified atom stereocenters. The van der Waals surface area contributed by atoms with Crippen molar-refractivity contribution in [2.75, 3.05) is 11.9 Å². The van der Waals surface area contributed by atoms with E-state index < -0.39 is 5.82 Å². The highest BCUT2D eigenvalue weighted by atomic mass is 19.1. The fourth-order valence-electron chi connectivity index (χ4n) is 3.12. The van der Waals surface area contributed by atoms with E-state index in [1.54, 1.807) is 0 Å². The predicted octanol–water partition coefficient (Wildman–Crippen LogP) is 5.23. The fraction of sp³-hybridized carbons (Fsp3) is 0.647. The third-order valence-corrected chi connectivity index (χ3v) is 4.58. The molecule has 0 bridgehead atoms. The van der Waals surface area contributed by atoms with Crippen LogP contribution < -0.4 is 5.32 Å². The van der Waals surface area contributed by atoms with Gasteiger partial charge in [-0.3, -0.25) is 0 Å². The Labute approximate surface area is 120 Å². The molecule has 2 rings (SSSR count). The molecule has 1 aromatic carbocycles. The highest BCUT2D eigenvalue weighted by molar-refractivity contribution is 5.44. The van der Waals surface area contributed by atoms with E-state index in [4.69, 9.17) is 0 Å². The average Bonchev–Trinajstić information content (AvgIpc) is 2.39. The van der Waals surface area contributed by atoms with Crippen LogP contribution in [0.15, 0.2) is 18.2 Å². The molecule has 0 heterocycles. The van der Waals surface area contributed by atoms with Crippen molar-refractivity contribution in [3.63, 3.8) is 0 Å². The van der Waals surface area contributed by atoms with Crippen LogP contribution in [0.1, 0.15) is 46.5 Å². The minimum atomic E-state index is -0.398. The zero-order chi connectivity index (χ0) is 14.8. The van der Waals surface area contributed by atoms with Crippen LogP contribution in [-0.2, 0) is 0 Å². The summed E-state index contributed by atoms with van der Waals surface area (Å²) in [5.41, 5.74) is 0.663. The maximum atomic E-state index is 13.5. The summed E-state index contributed by atoms with van der Waals surface area (Å²) in [4.78, 5) is 0. The molecule has 3 heteroatoms. The molecule has 1 saturated carbocycles. The molecule has 112 valence electrons. The first kappa shape index (κ1) is 15.3. The first-order chi connectivity index (χ1) is 9.36. The van der Waals surface area contributed by atoms with Crippen molar-refractivity contribution in [1.82, 2.24) is 0 Å². The lowest BCUT2D eigenvalue weighted by molar-refractivity contribution is 0.153. The molecule has 0 aromatic heterocycles. The van der Waals surface area contributed by atoms with Gasteiger partial charge >= 0.3 is 0 Å². The summed E-state index contributed by atoms with van der Waals surface area (Å²) >= 11 is 0. The van der Waals surface area contributed by atoms with Crippen LogP contribution in [-0.4, -0.2) is 6.54 Å². The van der Waals surface area contributed by atoms with E-state index in [2.05, 4.69) is 26.1 Å². The molecule has 1 aliphatic rings. The highest BCUT2D eigenvalue weighted by Crippen LogP contribution is 2.39. The molecule has 1 nitrogen and oxygen atoms in total. The quantitative estimate of drug-likeness (QED) is 0.800. The predicted molar refractivity (Wildman–Crippen MR) is 79.8 cm³/mol. The molecule has 0 radical (unpaired) electrons. The van der Waals surface area contributed by atoms with Gasteiger partial charge in [0.15, 0.2) is 0 Å². The molecule has 1 aromatic rings. The summed E-state index contributed by atoms with van der Waals surface area (Å²) in [6.45, 7) is 7.65. The summed E-state index contributed by atoms with van der Waals surface area (Å²) in [7, 11) is 0. The van der Waals surface area contributed by atoms with Gasteiger partial charge < -0.3 is 5.32 Å². The van der Waals surface area contributed by atoms with E-state index in [0.29, 0.717) is 11.3 Å². The van der Waals surface area contributed by atoms with E-state index in [1.165, 1.54) is 37.8 Å². The van der Waals surface area contributed by atoms with Gasteiger partial charge in [0.2, 0.25) is 0 Å². The number of rotatable bonds is 3. The second-order valence-electron chi connectivity index (χ2n) is 7.09. The van der Waals surface area contributed by atoms with Crippen molar-refractivity contribution in [1.29, 1.82) is 0 Å². The average molecular weight is 281 g/mol. The Balaban J connectivity index is 1.83. The van der Waals surface area contributed by atoms with Crippen LogP contribution in [0.25, 0.3) is 0 Å². The van der Waals surface area contributed by atoms with E-state index in [1.807, 2.05) is 0 Å². The van der Waals surface area contributed by atoms with Crippen LogP contribution in [0, 0.1) is 28.9 Å². The molecule has 1 fully saturated rings. The minimum Gasteiger partial charge on any atom is -0.382 e. The van der Waals surface area contributed by atoms with Crippen molar-refractivity contribution < 1.29 is 8.78 Å². The number of nitrogens with one attached hydrogen (secondary N) is 1. The highest BCUT2D eigenvalue weighted by Gasteiger charge is 2.29. The summed E-state index contributed by atoms with van der Waals surface area (Å²) in [6.07, 6.45) is 4.82. The Hall–Kier alpha value is -1.12. The standard InChI is InChI=1S/C17H25F2N/c1-17(2,3)13-6-4-12(5-7-13)11-20-16-10-14(18)8-9-15(16)19/h8-10,12-13,20H,4-7,11H2,1-3H3. The van der Waals surface area contributed by atoms with E-state index in [9.17, 15) is 8.78 Å². The summed E-state index contributed by atoms with van der Waals surface area (Å²) < 4.78 is 26.6. The smallest absolute Gasteiger partial charge is 0.146 e. The first-order valence-electron chi connectivity index (χ1n) is 7.55. The second-order valence-corrected chi connectivity index (χ2v) is 7.09.